The van der Waals surface area contributed by atoms with Gasteiger partial charge in [-0.15, -0.1) is 11.3 Å². The first kappa shape index (κ1) is 18.1. The predicted octanol–water partition coefficient (Wildman–Crippen LogP) is 4.13. The molecule has 0 spiro atoms. The van der Waals surface area contributed by atoms with E-state index in [1.807, 2.05) is 17.2 Å². The van der Waals surface area contributed by atoms with Crippen molar-refractivity contribution in [3.63, 3.8) is 0 Å². The van der Waals surface area contributed by atoms with Gasteiger partial charge in [-0.1, -0.05) is 38.1 Å². The number of rotatable bonds is 4. The van der Waals surface area contributed by atoms with Crippen molar-refractivity contribution in [2.75, 3.05) is 13.1 Å². The Labute approximate surface area is 154 Å². The molecule has 1 aromatic heterocycles. The topological polar surface area (TPSA) is 59.2 Å². The van der Waals surface area contributed by atoms with Crippen LogP contribution < -0.4 is 5.73 Å². The van der Waals surface area contributed by atoms with E-state index in [9.17, 15) is 4.79 Å². The molecule has 1 saturated heterocycles. The lowest BCUT2D eigenvalue weighted by atomic mass is 9.92. The molecule has 2 aromatic rings. The van der Waals surface area contributed by atoms with Crippen molar-refractivity contribution >= 4 is 17.2 Å². The minimum Gasteiger partial charge on any atom is -0.337 e. The standard InChI is InChI=1S/C20H27N3OS/c1-13(2)15-6-8-16(9-7-15)19-22-18(12-25-19)20(24)23-10-4-5-17(11-23)14(3)21/h6-9,12-14,17H,4-5,10-11,21H2,1-3H3. The third-order valence-corrected chi connectivity index (χ3v) is 5.93. The van der Waals surface area contributed by atoms with Gasteiger partial charge < -0.3 is 10.6 Å². The Morgan fingerprint density at radius 3 is 2.64 bits per heavy atom. The number of likely N-dealkylation sites (tertiary alicyclic amines) is 1. The zero-order chi connectivity index (χ0) is 18.0. The number of piperidine rings is 1. The summed E-state index contributed by atoms with van der Waals surface area (Å²) >= 11 is 1.53. The van der Waals surface area contributed by atoms with E-state index in [1.54, 1.807) is 0 Å². The quantitative estimate of drug-likeness (QED) is 0.895. The van der Waals surface area contributed by atoms with E-state index in [-0.39, 0.29) is 11.9 Å². The van der Waals surface area contributed by atoms with Crippen LogP contribution in [0.4, 0.5) is 0 Å². The lowest BCUT2D eigenvalue weighted by molar-refractivity contribution is 0.0656. The van der Waals surface area contributed by atoms with E-state index in [0.29, 0.717) is 17.5 Å². The number of nitrogens with zero attached hydrogens (tertiary/aromatic N) is 2. The van der Waals surface area contributed by atoms with Crippen LogP contribution in [0.2, 0.25) is 0 Å². The Balaban J connectivity index is 1.73. The predicted molar refractivity (Wildman–Crippen MR) is 104 cm³/mol. The number of benzene rings is 1. The SMILES string of the molecule is CC(C)c1ccc(-c2nc(C(=O)N3CCCC(C(C)N)C3)cs2)cc1. The average molecular weight is 358 g/mol. The Hall–Kier alpha value is -1.72. The molecule has 2 atom stereocenters. The van der Waals surface area contributed by atoms with Crippen molar-refractivity contribution < 1.29 is 4.79 Å². The number of hydrogen-bond acceptors (Lipinski definition) is 4. The summed E-state index contributed by atoms with van der Waals surface area (Å²) in [6.07, 6.45) is 2.12. The molecule has 1 aliphatic heterocycles. The Morgan fingerprint density at radius 1 is 1.28 bits per heavy atom. The van der Waals surface area contributed by atoms with Gasteiger partial charge >= 0.3 is 0 Å². The molecule has 2 heterocycles. The minimum atomic E-state index is 0.0339. The van der Waals surface area contributed by atoms with Crippen LogP contribution in [0.25, 0.3) is 10.6 Å². The first-order chi connectivity index (χ1) is 12.0. The second-order valence-corrected chi connectivity index (χ2v) is 8.19. The van der Waals surface area contributed by atoms with Crippen LogP contribution in [-0.4, -0.2) is 34.9 Å². The maximum absolute atomic E-state index is 12.8. The van der Waals surface area contributed by atoms with Crippen LogP contribution in [-0.2, 0) is 0 Å². The molecule has 134 valence electrons. The fourth-order valence-corrected chi connectivity index (χ4v) is 4.10. The second kappa shape index (κ2) is 7.67. The molecule has 5 heteroatoms. The highest BCUT2D eigenvalue weighted by atomic mass is 32.1. The summed E-state index contributed by atoms with van der Waals surface area (Å²) in [4.78, 5) is 19.3. The molecule has 1 aliphatic rings. The van der Waals surface area contributed by atoms with Crippen LogP contribution in [0.15, 0.2) is 29.6 Å². The van der Waals surface area contributed by atoms with Gasteiger partial charge in [0.25, 0.3) is 5.91 Å². The van der Waals surface area contributed by atoms with Crippen LogP contribution in [0, 0.1) is 5.92 Å². The lowest BCUT2D eigenvalue weighted by Gasteiger charge is -2.34. The second-order valence-electron chi connectivity index (χ2n) is 7.33. The molecule has 3 rings (SSSR count). The number of aromatic nitrogens is 1. The maximum atomic E-state index is 12.8. The molecule has 1 fully saturated rings. The van der Waals surface area contributed by atoms with Gasteiger partial charge in [0.1, 0.15) is 10.7 Å². The molecular formula is C20H27N3OS. The molecule has 0 radical (unpaired) electrons. The first-order valence-corrected chi connectivity index (χ1v) is 9.94. The number of carbonyl (C=O) groups is 1. The van der Waals surface area contributed by atoms with E-state index in [2.05, 4.69) is 43.1 Å². The van der Waals surface area contributed by atoms with Gasteiger partial charge in [0.15, 0.2) is 0 Å². The highest BCUT2D eigenvalue weighted by Gasteiger charge is 2.27. The summed E-state index contributed by atoms with van der Waals surface area (Å²) in [7, 11) is 0. The van der Waals surface area contributed by atoms with Gasteiger partial charge in [-0.25, -0.2) is 4.98 Å². The first-order valence-electron chi connectivity index (χ1n) is 9.06. The molecular weight excluding hydrogens is 330 g/mol. The molecule has 0 bridgehead atoms. The van der Waals surface area contributed by atoms with Gasteiger partial charge in [0.05, 0.1) is 0 Å². The molecule has 0 aliphatic carbocycles. The summed E-state index contributed by atoms with van der Waals surface area (Å²) < 4.78 is 0. The average Bonchev–Trinajstić information content (AvgIpc) is 3.11. The van der Waals surface area contributed by atoms with Crippen molar-refractivity contribution in [2.45, 2.75) is 45.6 Å². The zero-order valence-electron chi connectivity index (χ0n) is 15.2. The van der Waals surface area contributed by atoms with Gasteiger partial charge in [-0.05, 0) is 37.2 Å². The van der Waals surface area contributed by atoms with Gasteiger partial charge in [0.2, 0.25) is 0 Å². The zero-order valence-corrected chi connectivity index (χ0v) is 16.1. The fraction of sp³-hybridized carbons (Fsp3) is 0.500. The number of thiazole rings is 1. The maximum Gasteiger partial charge on any atom is 0.273 e. The summed E-state index contributed by atoms with van der Waals surface area (Å²) in [5.41, 5.74) is 8.97. The Kier molecular flexibility index (Phi) is 5.54. The monoisotopic (exact) mass is 357 g/mol. The summed E-state index contributed by atoms with van der Waals surface area (Å²) in [6, 6.07) is 8.59. The van der Waals surface area contributed by atoms with E-state index < -0.39 is 0 Å². The van der Waals surface area contributed by atoms with Gasteiger partial charge in [-0.3, -0.25) is 4.79 Å². The van der Waals surface area contributed by atoms with Crippen molar-refractivity contribution in [3.05, 3.63) is 40.9 Å². The smallest absolute Gasteiger partial charge is 0.273 e. The highest BCUT2D eigenvalue weighted by molar-refractivity contribution is 7.13. The number of carbonyl (C=O) groups excluding carboxylic acids is 1. The Bertz CT molecular complexity index is 721. The number of nitrogens with two attached hydrogens (primary N) is 1. The third-order valence-electron chi connectivity index (χ3n) is 5.04. The number of amides is 1. The normalized spacial score (nSPS) is 19.2. The fourth-order valence-electron chi connectivity index (χ4n) is 3.30. The third kappa shape index (κ3) is 4.10. The largest absolute Gasteiger partial charge is 0.337 e. The molecule has 2 unspecified atom stereocenters. The van der Waals surface area contributed by atoms with Crippen molar-refractivity contribution in [1.29, 1.82) is 0 Å². The van der Waals surface area contributed by atoms with Crippen molar-refractivity contribution in [1.82, 2.24) is 9.88 Å². The van der Waals surface area contributed by atoms with E-state index >= 15 is 0 Å². The summed E-state index contributed by atoms with van der Waals surface area (Å²) in [5, 5.41) is 2.78. The molecule has 25 heavy (non-hydrogen) atoms. The molecule has 1 amide bonds. The van der Waals surface area contributed by atoms with Crippen LogP contribution >= 0.6 is 11.3 Å². The summed E-state index contributed by atoms with van der Waals surface area (Å²) in [5.74, 6) is 0.936. The molecule has 1 aromatic carbocycles. The highest BCUT2D eigenvalue weighted by Crippen LogP contribution is 2.27. The van der Waals surface area contributed by atoms with Crippen LogP contribution in [0.5, 0.6) is 0 Å². The van der Waals surface area contributed by atoms with Crippen molar-refractivity contribution in [2.24, 2.45) is 11.7 Å². The van der Waals surface area contributed by atoms with E-state index in [1.165, 1.54) is 16.9 Å². The van der Waals surface area contributed by atoms with Crippen LogP contribution in [0.1, 0.15) is 55.6 Å². The van der Waals surface area contributed by atoms with Gasteiger partial charge in [0, 0.05) is 30.1 Å². The Morgan fingerprint density at radius 2 is 2.00 bits per heavy atom. The molecule has 0 saturated carbocycles. The molecule has 4 nitrogen and oxygen atoms in total. The van der Waals surface area contributed by atoms with Gasteiger partial charge in [-0.2, -0.15) is 0 Å². The summed E-state index contributed by atoms with van der Waals surface area (Å²) in [6.45, 7) is 7.94. The minimum absolute atomic E-state index is 0.0339. The number of hydrogen-bond donors (Lipinski definition) is 1. The van der Waals surface area contributed by atoms with E-state index in [0.717, 1.165) is 36.5 Å². The van der Waals surface area contributed by atoms with Crippen molar-refractivity contribution in [3.8, 4) is 10.6 Å². The molecule has 2 N–H and O–H groups in total. The van der Waals surface area contributed by atoms with Crippen LogP contribution in [0.3, 0.4) is 0 Å². The van der Waals surface area contributed by atoms with E-state index in [4.69, 9.17) is 5.73 Å². The lowest BCUT2D eigenvalue weighted by Crippen LogP contribution is -2.45.